The highest BCUT2D eigenvalue weighted by atomic mass is 32.3. The maximum absolute atomic E-state index is 14.5. The molecule has 0 amide bonds. The molecule has 5 rings (SSSR count). The van der Waals surface area contributed by atoms with Gasteiger partial charge in [0.05, 0.1) is 11.0 Å². The van der Waals surface area contributed by atoms with Gasteiger partial charge in [0.15, 0.2) is 23.3 Å². The third-order valence-electron chi connectivity index (χ3n) is 8.00. The van der Waals surface area contributed by atoms with Crippen LogP contribution in [-0.4, -0.2) is 43.0 Å². The molecule has 0 bridgehead atoms. The minimum atomic E-state index is -6.00. The molecule has 1 aliphatic heterocycles. The van der Waals surface area contributed by atoms with Crippen LogP contribution in [-0.2, 0) is 20.0 Å². The van der Waals surface area contributed by atoms with Gasteiger partial charge >= 0.3 is 0 Å². The Morgan fingerprint density at radius 3 is 1.92 bits per heavy atom. The summed E-state index contributed by atoms with van der Waals surface area (Å²) < 4.78 is 135. The Bertz CT molecular complexity index is 2290. The molecular weight excluding hydrogens is 678 g/mol. The zero-order valence-electron chi connectivity index (χ0n) is 26.2. The number of hydrogen-bond donors (Lipinski definition) is 0. The number of nitrogens with zero attached hydrogens (tertiary/aromatic N) is 3. The topological polar surface area (TPSA) is 102 Å². The molecule has 0 atom stereocenters. The van der Waals surface area contributed by atoms with Crippen molar-refractivity contribution >= 4 is 36.7 Å². The highest BCUT2D eigenvalue weighted by Gasteiger charge is 2.32. The zero-order chi connectivity index (χ0) is 35.1. The molecule has 3 aromatic rings. The predicted molar refractivity (Wildman–Crippen MR) is 172 cm³/mol. The molecule has 8 nitrogen and oxygen atoms in total. The first-order chi connectivity index (χ1) is 22.7. The summed E-state index contributed by atoms with van der Waals surface area (Å²) in [5.41, 5.74) is 1.90. The van der Waals surface area contributed by atoms with Crippen molar-refractivity contribution in [2.45, 2.75) is 37.5 Å². The molecule has 0 unspecified atom stereocenters. The van der Waals surface area contributed by atoms with Gasteiger partial charge in [-0.2, -0.15) is 0 Å². The van der Waals surface area contributed by atoms with E-state index in [1.54, 1.807) is 24.3 Å². The Balaban J connectivity index is 1.79. The molecule has 0 N–H and O–H groups in total. The second kappa shape index (κ2) is 13.3. The quantitative estimate of drug-likeness (QED) is 0.0509. The molecule has 0 saturated heterocycles. The van der Waals surface area contributed by atoms with Crippen molar-refractivity contribution in [2.24, 2.45) is 0 Å². The molecule has 0 spiro atoms. The van der Waals surface area contributed by atoms with Crippen molar-refractivity contribution in [3.8, 4) is 22.5 Å². The average molecular weight is 708 g/mol. The number of benzene rings is 4. The van der Waals surface area contributed by atoms with Gasteiger partial charge in [-0.05, 0) is 52.0 Å². The van der Waals surface area contributed by atoms with E-state index in [9.17, 15) is 38.8 Å². The van der Waals surface area contributed by atoms with Gasteiger partial charge in [0.1, 0.15) is 49.4 Å². The van der Waals surface area contributed by atoms with Crippen LogP contribution in [0.15, 0.2) is 74.9 Å². The lowest BCUT2D eigenvalue weighted by Crippen LogP contribution is -2.29. The minimum absolute atomic E-state index is 0.0501. The van der Waals surface area contributed by atoms with E-state index < -0.39 is 58.9 Å². The molecule has 0 radical (unpaired) electrons. The van der Waals surface area contributed by atoms with E-state index in [2.05, 4.69) is 13.6 Å². The van der Waals surface area contributed by atoms with Crippen LogP contribution in [0.1, 0.15) is 27.7 Å². The third kappa shape index (κ3) is 6.05. The summed E-state index contributed by atoms with van der Waals surface area (Å²) in [5, 5.41) is 1.27. The number of sulfonamides is 2. The molecule has 1 heterocycles. The molecule has 0 fully saturated rings. The molecule has 0 saturated carbocycles. The van der Waals surface area contributed by atoms with Gasteiger partial charge in [0, 0.05) is 53.0 Å². The average Bonchev–Trinajstić information content (AvgIpc) is 3.05. The van der Waals surface area contributed by atoms with Crippen LogP contribution < -0.4 is 14.8 Å². The summed E-state index contributed by atoms with van der Waals surface area (Å²) in [6.07, 6.45) is 0. The number of hydrogen-bond acceptors (Lipinski definition) is 6. The number of halogens is 5. The lowest BCUT2D eigenvalue weighted by molar-refractivity contribution is 0.358. The van der Waals surface area contributed by atoms with Crippen LogP contribution in [0.2, 0.25) is 0 Å². The Morgan fingerprint density at radius 1 is 0.708 bits per heavy atom. The maximum Gasteiger partial charge on any atom is 0.203 e. The number of anilines is 1. The summed E-state index contributed by atoms with van der Waals surface area (Å²) in [4.78, 5) is -1.01. The Labute approximate surface area is 274 Å². The summed E-state index contributed by atoms with van der Waals surface area (Å²) in [7, 11) is -11.4. The highest BCUT2D eigenvalue weighted by Crippen LogP contribution is 2.44. The fourth-order valence-electron chi connectivity index (χ4n) is 5.64. The summed E-state index contributed by atoms with van der Waals surface area (Å²) >= 11 is 0. The highest BCUT2D eigenvalue weighted by molar-refractivity contribution is 8.12. The van der Waals surface area contributed by atoms with Gasteiger partial charge in [0.2, 0.25) is 11.2 Å². The molecule has 0 aromatic heterocycles. The number of fused-ring (bicyclic) bond motifs is 2. The molecule has 2 aliphatic rings. The standard InChI is InChI=1S/C33H30F5N3O5S2/c1-5-40(6-2)19-13-15-21-24(17-19)46-25-18-20(41(7-3)8-4)14-16-22(25)27(21)23-11-9-10-12-26(23)47(42,43)39-48(44,45)33-31(37)29(35)28(34)30(36)32(33)38/h9-18H,5-8H2,1-4H3. The van der Waals surface area contributed by atoms with Gasteiger partial charge in [-0.25, -0.2) is 43.4 Å². The van der Waals surface area contributed by atoms with Crippen LogP contribution >= 0.6 is 0 Å². The molecule has 1 aliphatic carbocycles. The van der Waals surface area contributed by atoms with Crippen molar-refractivity contribution < 1.29 is 43.2 Å². The fourth-order valence-corrected chi connectivity index (χ4v) is 8.63. The van der Waals surface area contributed by atoms with Crippen molar-refractivity contribution in [1.29, 1.82) is 0 Å². The predicted octanol–water partition coefficient (Wildman–Crippen LogP) is 7.01. The molecular formula is C33H30F5N3O5S2. The summed E-state index contributed by atoms with van der Waals surface area (Å²) in [6, 6.07) is 15.9. The van der Waals surface area contributed by atoms with Gasteiger partial charge < -0.3 is 13.4 Å². The molecule has 15 heteroatoms. The normalized spacial score (nSPS) is 12.2. The second-order valence-electron chi connectivity index (χ2n) is 10.6. The first-order valence-electron chi connectivity index (χ1n) is 14.9. The van der Waals surface area contributed by atoms with Crippen LogP contribution in [0, 0.1) is 29.1 Å². The van der Waals surface area contributed by atoms with Gasteiger partial charge in [-0.3, -0.25) is 0 Å². The van der Waals surface area contributed by atoms with Crippen molar-refractivity contribution in [1.82, 2.24) is 4.58 Å². The largest absolute Gasteiger partial charge is 0.456 e. The van der Waals surface area contributed by atoms with Crippen molar-refractivity contribution in [2.75, 3.05) is 31.1 Å². The zero-order valence-corrected chi connectivity index (χ0v) is 27.8. The van der Waals surface area contributed by atoms with E-state index in [4.69, 9.17) is 4.42 Å². The van der Waals surface area contributed by atoms with Crippen molar-refractivity contribution in [3.63, 3.8) is 0 Å². The van der Waals surface area contributed by atoms with Gasteiger partial charge in [-0.15, -0.1) is 0 Å². The lowest BCUT2D eigenvalue weighted by atomic mass is 9.93. The fraction of sp³-hybridized carbons (Fsp3) is 0.242. The number of rotatable bonds is 10. The van der Waals surface area contributed by atoms with E-state index >= 15 is 0 Å². The maximum atomic E-state index is 14.5. The lowest BCUT2D eigenvalue weighted by Gasteiger charge is -2.25. The first kappa shape index (κ1) is 35.0. The Kier molecular flexibility index (Phi) is 9.68. The summed E-state index contributed by atoms with van der Waals surface area (Å²) in [5.74, 6) is -12.9. The van der Waals surface area contributed by atoms with Crippen molar-refractivity contribution in [3.05, 3.63) is 99.2 Å². The monoisotopic (exact) mass is 707 g/mol. The van der Waals surface area contributed by atoms with Crippen LogP contribution in [0.5, 0.6) is 0 Å². The second-order valence-corrected chi connectivity index (χ2v) is 13.9. The Morgan fingerprint density at radius 2 is 1.31 bits per heavy atom. The first-order valence-corrected chi connectivity index (χ1v) is 17.8. The van der Waals surface area contributed by atoms with Gasteiger partial charge in [-0.1, -0.05) is 18.2 Å². The van der Waals surface area contributed by atoms with E-state index in [1.807, 2.05) is 39.8 Å². The SMILES string of the molecule is CCN(CC)c1ccc2c(-c3ccccc3S(=O)(=O)[N-]S(=O)(=O)c3c(F)c(F)c(F)c(F)c3F)c3ccc(=[N+](CC)CC)cc-3oc2c1. The van der Waals surface area contributed by atoms with E-state index in [0.717, 1.165) is 17.1 Å². The van der Waals surface area contributed by atoms with Gasteiger partial charge in [0.25, 0.3) is 0 Å². The van der Waals surface area contributed by atoms with Crippen LogP contribution in [0.3, 0.4) is 0 Å². The van der Waals surface area contributed by atoms with Crippen LogP contribution in [0.25, 0.3) is 37.5 Å². The van der Waals surface area contributed by atoms with E-state index in [0.29, 0.717) is 54.0 Å². The van der Waals surface area contributed by atoms with E-state index in [-0.39, 0.29) is 5.56 Å². The molecule has 254 valence electrons. The third-order valence-corrected chi connectivity index (χ3v) is 11.4. The summed E-state index contributed by atoms with van der Waals surface area (Å²) in [6.45, 7) is 10.7. The minimum Gasteiger partial charge on any atom is -0.456 e. The smallest absolute Gasteiger partial charge is 0.203 e. The van der Waals surface area contributed by atoms with E-state index in [1.165, 1.54) is 18.2 Å². The Hall–Kier alpha value is -4.34. The molecule has 48 heavy (non-hydrogen) atoms. The molecule has 3 aromatic carbocycles. The van der Waals surface area contributed by atoms with Crippen LogP contribution in [0.4, 0.5) is 27.6 Å².